The second-order valence-electron chi connectivity index (χ2n) is 6.47. The second kappa shape index (κ2) is 7.07. The summed E-state index contributed by atoms with van der Waals surface area (Å²) in [5.41, 5.74) is 2.29. The Hall–Kier alpha value is -1.09. The molecule has 3 heteroatoms. The van der Waals surface area contributed by atoms with Gasteiger partial charge in [-0.25, -0.2) is 4.39 Å². The van der Waals surface area contributed by atoms with Crippen LogP contribution < -0.4 is 10.2 Å². The lowest BCUT2D eigenvalue weighted by Crippen LogP contribution is -2.34. The smallest absolute Gasteiger partial charge is 0.123 e. The first-order valence-corrected chi connectivity index (χ1v) is 7.80. The lowest BCUT2D eigenvalue weighted by atomic mass is 9.98. The van der Waals surface area contributed by atoms with E-state index in [1.165, 1.54) is 18.5 Å². The van der Waals surface area contributed by atoms with Crippen molar-refractivity contribution in [2.45, 2.75) is 40.2 Å². The van der Waals surface area contributed by atoms with Crippen LogP contribution in [0.3, 0.4) is 0 Å². The minimum absolute atomic E-state index is 0.138. The van der Waals surface area contributed by atoms with E-state index in [0.717, 1.165) is 37.7 Å². The van der Waals surface area contributed by atoms with Crippen LogP contribution in [0.1, 0.15) is 39.2 Å². The topological polar surface area (TPSA) is 15.3 Å². The van der Waals surface area contributed by atoms with Crippen LogP contribution in [0, 0.1) is 17.7 Å². The van der Waals surface area contributed by atoms with Crippen molar-refractivity contribution in [3.63, 3.8) is 0 Å². The number of nitrogens with zero attached hydrogens (tertiary/aromatic N) is 1. The van der Waals surface area contributed by atoms with Crippen molar-refractivity contribution in [2.24, 2.45) is 11.8 Å². The normalized spacial score (nSPS) is 16.9. The molecule has 0 spiro atoms. The summed E-state index contributed by atoms with van der Waals surface area (Å²) in [6, 6.07) is 5.21. The lowest BCUT2D eigenvalue weighted by Gasteiger charge is -2.33. The molecule has 0 unspecified atom stereocenters. The van der Waals surface area contributed by atoms with Crippen LogP contribution in [0.25, 0.3) is 0 Å². The van der Waals surface area contributed by atoms with Crippen LogP contribution in [-0.2, 0) is 6.54 Å². The van der Waals surface area contributed by atoms with Crippen LogP contribution in [0.4, 0.5) is 10.1 Å². The Morgan fingerprint density at radius 2 is 2.00 bits per heavy atom. The zero-order valence-corrected chi connectivity index (χ0v) is 13.0. The monoisotopic (exact) mass is 278 g/mol. The third kappa shape index (κ3) is 4.20. The Kier molecular flexibility index (Phi) is 5.41. The fraction of sp³-hybridized carbons (Fsp3) is 0.647. The quantitative estimate of drug-likeness (QED) is 0.881. The summed E-state index contributed by atoms with van der Waals surface area (Å²) in [7, 11) is 0. The average molecular weight is 278 g/mol. The van der Waals surface area contributed by atoms with Gasteiger partial charge in [0, 0.05) is 25.3 Å². The highest BCUT2D eigenvalue weighted by Gasteiger charge is 2.18. The Balaban J connectivity index is 2.07. The molecule has 1 aromatic carbocycles. The van der Waals surface area contributed by atoms with Crippen molar-refractivity contribution in [3.05, 3.63) is 29.6 Å². The van der Waals surface area contributed by atoms with Gasteiger partial charge in [-0.2, -0.15) is 0 Å². The van der Waals surface area contributed by atoms with E-state index >= 15 is 0 Å². The molecule has 0 saturated carbocycles. The summed E-state index contributed by atoms with van der Waals surface area (Å²) < 4.78 is 13.5. The Morgan fingerprint density at radius 3 is 2.65 bits per heavy atom. The number of piperidine rings is 1. The van der Waals surface area contributed by atoms with Crippen molar-refractivity contribution < 1.29 is 4.39 Å². The molecule has 2 rings (SSSR count). The highest BCUT2D eigenvalue weighted by molar-refractivity contribution is 5.54. The molecule has 20 heavy (non-hydrogen) atoms. The molecule has 2 nitrogen and oxygen atoms in total. The first-order valence-electron chi connectivity index (χ1n) is 7.80. The summed E-state index contributed by atoms with van der Waals surface area (Å²) in [5.74, 6) is 1.29. The summed E-state index contributed by atoms with van der Waals surface area (Å²) in [6.45, 7) is 10.6. The molecular weight excluding hydrogens is 251 g/mol. The van der Waals surface area contributed by atoms with Crippen LogP contribution in [0.2, 0.25) is 0 Å². The second-order valence-corrected chi connectivity index (χ2v) is 6.47. The molecule has 0 radical (unpaired) electrons. The number of halogens is 1. The molecule has 0 aromatic heterocycles. The average Bonchev–Trinajstić information content (AvgIpc) is 2.40. The molecule has 0 amide bonds. The molecule has 112 valence electrons. The van der Waals surface area contributed by atoms with Crippen LogP contribution in [0.5, 0.6) is 0 Å². The van der Waals surface area contributed by atoms with Crippen LogP contribution in [-0.4, -0.2) is 19.6 Å². The van der Waals surface area contributed by atoms with Gasteiger partial charge in [0.2, 0.25) is 0 Å². The van der Waals surface area contributed by atoms with Gasteiger partial charge < -0.3 is 10.2 Å². The van der Waals surface area contributed by atoms with Gasteiger partial charge in [-0.3, -0.25) is 0 Å². The Morgan fingerprint density at radius 1 is 1.30 bits per heavy atom. The Bertz CT molecular complexity index is 423. The third-order valence-corrected chi connectivity index (χ3v) is 4.03. The van der Waals surface area contributed by atoms with Gasteiger partial charge in [-0.15, -0.1) is 0 Å². The molecule has 1 aromatic rings. The zero-order chi connectivity index (χ0) is 14.5. The first-order chi connectivity index (χ1) is 9.56. The van der Waals surface area contributed by atoms with Crippen molar-refractivity contribution >= 4 is 5.69 Å². The largest absolute Gasteiger partial charge is 0.371 e. The number of hydrogen-bond acceptors (Lipinski definition) is 2. The van der Waals surface area contributed by atoms with Gasteiger partial charge in [0.1, 0.15) is 5.82 Å². The van der Waals surface area contributed by atoms with Gasteiger partial charge in [-0.05, 0) is 55.0 Å². The maximum atomic E-state index is 13.5. The van der Waals surface area contributed by atoms with E-state index < -0.39 is 0 Å². The summed E-state index contributed by atoms with van der Waals surface area (Å²) in [6.07, 6.45) is 2.46. The molecule has 1 aliphatic heterocycles. The van der Waals surface area contributed by atoms with Gasteiger partial charge in [0.05, 0.1) is 0 Å². The molecule has 0 bridgehead atoms. The predicted molar refractivity (Wildman–Crippen MR) is 83.6 cm³/mol. The number of nitrogens with one attached hydrogen (secondary N) is 1. The van der Waals surface area contributed by atoms with E-state index in [4.69, 9.17) is 0 Å². The van der Waals surface area contributed by atoms with Crippen molar-refractivity contribution in [1.29, 1.82) is 0 Å². The molecule has 1 aliphatic rings. The molecule has 1 fully saturated rings. The maximum Gasteiger partial charge on any atom is 0.123 e. The zero-order valence-electron chi connectivity index (χ0n) is 13.0. The summed E-state index contributed by atoms with van der Waals surface area (Å²) in [4.78, 5) is 2.41. The summed E-state index contributed by atoms with van der Waals surface area (Å²) in [5, 5.41) is 3.42. The fourth-order valence-electron chi connectivity index (χ4n) is 2.75. The lowest BCUT2D eigenvalue weighted by molar-refractivity contribution is 0.437. The third-order valence-electron chi connectivity index (χ3n) is 4.03. The molecule has 0 aliphatic carbocycles. The van der Waals surface area contributed by atoms with Crippen molar-refractivity contribution in [3.8, 4) is 0 Å². The highest BCUT2D eigenvalue weighted by Crippen LogP contribution is 2.27. The van der Waals surface area contributed by atoms with E-state index in [1.807, 2.05) is 6.07 Å². The SMILES string of the molecule is CC(C)CNCc1cc(F)ccc1N1CCC(C)CC1. The van der Waals surface area contributed by atoms with E-state index in [9.17, 15) is 4.39 Å². The number of benzene rings is 1. The van der Waals surface area contributed by atoms with E-state index in [-0.39, 0.29) is 5.82 Å². The molecular formula is C17H27FN2. The van der Waals surface area contributed by atoms with E-state index in [1.54, 1.807) is 12.1 Å². The van der Waals surface area contributed by atoms with Gasteiger partial charge >= 0.3 is 0 Å². The Labute approximate surface area is 122 Å². The maximum absolute atomic E-state index is 13.5. The van der Waals surface area contributed by atoms with Gasteiger partial charge in [-0.1, -0.05) is 20.8 Å². The fourth-order valence-corrected chi connectivity index (χ4v) is 2.75. The minimum atomic E-state index is -0.138. The molecule has 1 saturated heterocycles. The van der Waals surface area contributed by atoms with Crippen LogP contribution >= 0.6 is 0 Å². The first kappa shape index (κ1) is 15.3. The highest BCUT2D eigenvalue weighted by atomic mass is 19.1. The predicted octanol–water partition coefficient (Wildman–Crippen LogP) is 3.81. The van der Waals surface area contributed by atoms with E-state index in [2.05, 4.69) is 31.0 Å². The number of anilines is 1. The van der Waals surface area contributed by atoms with Crippen molar-refractivity contribution in [1.82, 2.24) is 5.32 Å². The van der Waals surface area contributed by atoms with Gasteiger partial charge in [0.15, 0.2) is 0 Å². The standard InChI is InChI=1S/C17H27FN2/c1-13(2)11-19-12-15-10-16(18)4-5-17(15)20-8-6-14(3)7-9-20/h4-5,10,13-14,19H,6-9,11-12H2,1-3H3. The van der Waals surface area contributed by atoms with Gasteiger partial charge in [0.25, 0.3) is 0 Å². The van der Waals surface area contributed by atoms with Crippen molar-refractivity contribution in [2.75, 3.05) is 24.5 Å². The molecule has 1 heterocycles. The number of hydrogen-bond donors (Lipinski definition) is 1. The number of rotatable bonds is 5. The van der Waals surface area contributed by atoms with E-state index in [0.29, 0.717) is 5.92 Å². The van der Waals surface area contributed by atoms with Crippen LogP contribution in [0.15, 0.2) is 18.2 Å². The minimum Gasteiger partial charge on any atom is -0.371 e. The molecule has 1 N–H and O–H groups in total. The molecule has 0 atom stereocenters. The summed E-state index contributed by atoms with van der Waals surface area (Å²) >= 11 is 0.